The van der Waals surface area contributed by atoms with Crippen LogP contribution >= 0.6 is 0 Å². The summed E-state index contributed by atoms with van der Waals surface area (Å²) in [4.78, 5) is 8.56. The number of nitrogens with one attached hydrogen (secondary N) is 1. The Morgan fingerprint density at radius 1 is 1.28 bits per heavy atom. The molecule has 1 N–H and O–H groups in total. The number of hydrogen-bond acceptors (Lipinski definition) is 4. The van der Waals surface area contributed by atoms with Gasteiger partial charge in [0.15, 0.2) is 0 Å². The van der Waals surface area contributed by atoms with E-state index in [1.165, 1.54) is 30.5 Å². The first-order valence-electron chi connectivity index (χ1n) is 6.41. The Morgan fingerprint density at radius 3 is 2.89 bits per heavy atom. The number of nitrogens with zero attached hydrogens (tertiary/aromatic N) is 4. The van der Waals surface area contributed by atoms with Gasteiger partial charge in [-0.25, -0.2) is 14.6 Å². The first-order chi connectivity index (χ1) is 8.90. The van der Waals surface area contributed by atoms with E-state index in [1.807, 2.05) is 24.0 Å². The summed E-state index contributed by atoms with van der Waals surface area (Å²) in [6.45, 7) is 0. The second-order valence-corrected chi connectivity index (χ2v) is 4.59. The van der Waals surface area contributed by atoms with Crippen LogP contribution in [0.2, 0.25) is 0 Å². The van der Waals surface area contributed by atoms with Crippen LogP contribution in [0.1, 0.15) is 36.6 Å². The predicted octanol–water partition coefficient (Wildman–Crippen LogP) is 1.65. The number of rotatable bonds is 2. The second kappa shape index (κ2) is 4.86. The van der Waals surface area contributed by atoms with Crippen molar-refractivity contribution in [2.24, 2.45) is 0 Å². The third-order valence-corrected chi connectivity index (χ3v) is 3.52. The fourth-order valence-electron chi connectivity index (χ4n) is 2.60. The molecule has 0 aromatic carbocycles. The van der Waals surface area contributed by atoms with E-state index in [-0.39, 0.29) is 0 Å². The Bertz CT molecular complexity index is 519. The van der Waals surface area contributed by atoms with Crippen molar-refractivity contribution in [3.63, 3.8) is 0 Å². The normalized spacial score (nSPS) is 19.3. The van der Waals surface area contributed by atoms with Gasteiger partial charge in [0.1, 0.15) is 0 Å². The highest BCUT2D eigenvalue weighted by molar-refractivity contribution is 5.28. The maximum Gasteiger partial charge on any atom is 0.250 e. The molecule has 2 aromatic rings. The molecule has 0 aliphatic heterocycles. The standard InChI is InChI=1S/C13H17N5/c1-14-11-5-2-3-6-12-10(11)9-17-18(12)13-15-7-4-8-16-13/h4,7-9,11,14H,2-3,5-6H2,1H3. The van der Waals surface area contributed by atoms with E-state index in [2.05, 4.69) is 20.4 Å². The quantitative estimate of drug-likeness (QED) is 0.815. The van der Waals surface area contributed by atoms with Crippen molar-refractivity contribution < 1.29 is 0 Å². The zero-order valence-electron chi connectivity index (χ0n) is 10.5. The zero-order valence-corrected chi connectivity index (χ0v) is 10.5. The van der Waals surface area contributed by atoms with Crippen LogP contribution in [-0.2, 0) is 6.42 Å². The molecule has 1 unspecified atom stereocenters. The van der Waals surface area contributed by atoms with Gasteiger partial charge in [0.05, 0.1) is 11.9 Å². The Kier molecular flexibility index (Phi) is 3.06. The molecule has 94 valence electrons. The summed E-state index contributed by atoms with van der Waals surface area (Å²) in [6, 6.07) is 2.22. The smallest absolute Gasteiger partial charge is 0.250 e. The molecule has 0 bridgehead atoms. The van der Waals surface area contributed by atoms with Crippen molar-refractivity contribution in [3.8, 4) is 5.95 Å². The molecule has 1 aliphatic carbocycles. The van der Waals surface area contributed by atoms with Gasteiger partial charge in [-0.3, -0.25) is 0 Å². The van der Waals surface area contributed by atoms with Crippen molar-refractivity contribution in [1.29, 1.82) is 0 Å². The molecule has 0 radical (unpaired) electrons. The van der Waals surface area contributed by atoms with E-state index in [1.54, 1.807) is 12.4 Å². The molecule has 18 heavy (non-hydrogen) atoms. The minimum absolute atomic E-state index is 0.403. The average molecular weight is 243 g/mol. The lowest BCUT2D eigenvalue weighted by molar-refractivity contribution is 0.532. The Morgan fingerprint density at radius 2 is 2.11 bits per heavy atom. The third kappa shape index (κ3) is 1.90. The molecule has 3 rings (SSSR count). The van der Waals surface area contributed by atoms with Crippen LogP contribution in [0.5, 0.6) is 0 Å². The first-order valence-corrected chi connectivity index (χ1v) is 6.41. The molecule has 0 fully saturated rings. The van der Waals surface area contributed by atoms with Crippen molar-refractivity contribution in [3.05, 3.63) is 35.9 Å². The van der Waals surface area contributed by atoms with Crippen LogP contribution in [0.3, 0.4) is 0 Å². The summed E-state index contributed by atoms with van der Waals surface area (Å²) >= 11 is 0. The number of hydrogen-bond donors (Lipinski definition) is 1. The lowest BCUT2D eigenvalue weighted by atomic mass is 10.1. The monoisotopic (exact) mass is 243 g/mol. The fraction of sp³-hybridized carbons (Fsp3) is 0.462. The van der Waals surface area contributed by atoms with E-state index in [0.29, 0.717) is 12.0 Å². The highest BCUT2D eigenvalue weighted by atomic mass is 15.3. The molecular formula is C13H17N5. The van der Waals surface area contributed by atoms with Gasteiger partial charge in [-0.2, -0.15) is 5.10 Å². The van der Waals surface area contributed by atoms with Crippen molar-refractivity contribution in [2.45, 2.75) is 31.7 Å². The Balaban J connectivity index is 2.06. The highest BCUT2D eigenvalue weighted by Gasteiger charge is 2.22. The van der Waals surface area contributed by atoms with Gasteiger partial charge in [-0.15, -0.1) is 0 Å². The molecule has 2 aromatic heterocycles. The van der Waals surface area contributed by atoms with Crippen LogP contribution in [0.25, 0.3) is 5.95 Å². The molecule has 0 saturated heterocycles. The maximum atomic E-state index is 4.46. The van der Waals surface area contributed by atoms with Gasteiger partial charge in [-0.1, -0.05) is 6.42 Å². The molecule has 1 atom stereocenters. The van der Waals surface area contributed by atoms with Gasteiger partial charge >= 0.3 is 0 Å². The van der Waals surface area contributed by atoms with Gasteiger partial charge in [0.2, 0.25) is 0 Å². The summed E-state index contributed by atoms with van der Waals surface area (Å²) in [5.41, 5.74) is 2.54. The predicted molar refractivity (Wildman–Crippen MR) is 68.5 cm³/mol. The third-order valence-electron chi connectivity index (χ3n) is 3.52. The van der Waals surface area contributed by atoms with Crippen molar-refractivity contribution in [1.82, 2.24) is 25.1 Å². The average Bonchev–Trinajstić information content (AvgIpc) is 2.73. The van der Waals surface area contributed by atoms with Crippen molar-refractivity contribution in [2.75, 3.05) is 7.05 Å². The number of aromatic nitrogens is 4. The molecule has 2 heterocycles. The molecule has 0 amide bonds. The van der Waals surface area contributed by atoms with E-state index >= 15 is 0 Å². The van der Waals surface area contributed by atoms with Crippen LogP contribution in [0, 0.1) is 0 Å². The lowest BCUT2D eigenvalue weighted by Crippen LogP contribution is -2.16. The SMILES string of the molecule is CNC1CCCCc2c1cnn2-c1ncccn1. The van der Waals surface area contributed by atoms with Gasteiger partial charge in [-0.05, 0) is 32.4 Å². The van der Waals surface area contributed by atoms with Gasteiger partial charge in [0.25, 0.3) is 5.95 Å². The minimum atomic E-state index is 0.403. The molecular weight excluding hydrogens is 226 g/mol. The fourth-order valence-corrected chi connectivity index (χ4v) is 2.60. The molecule has 0 spiro atoms. The second-order valence-electron chi connectivity index (χ2n) is 4.59. The Hall–Kier alpha value is -1.75. The van der Waals surface area contributed by atoms with E-state index in [4.69, 9.17) is 0 Å². The largest absolute Gasteiger partial charge is 0.313 e. The van der Waals surface area contributed by atoms with E-state index < -0.39 is 0 Å². The molecule has 1 aliphatic rings. The van der Waals surface area contributed by atoms with Crippen LogP contribution in [0.4, 0.5) is 0 Å². The first kappa shape index (κ1) is 11.3. The molecule has 5 nitrogen and oxygen atoms in total. The van der Waals surface area contributed by atoms with Crippen molar-refractivity contribution >= 4 is 0 Å². The summed E-state index contributed by atoms with van der Waals surface area (Å²) in [6.07, 6.45) is 10.1. The topological polar surface area (TPSA) is 55.6 Å². The minimum Gasteiger partial charge on any atom is -0.313 e. The van der Waals surface area contributed by atoms with Crippen LogP contribution in [-0.4, -0.2) is 26.8 Å². The summed E-state index contributed by atoms with van der Waals surface area (Å²) in [5.74, 6) is 0.663. The van der Waals surface area contributed by atoms with E-state index in [9.17, 15) is 0 Å². The summed E-state index contributed by atoms with van der Waals surface area (Å²) in [5, 5.41) is 7.83. The molecule has 5 heteroatoms. The van der Waals surface area contributed by atoms with Crippen LogP contribution < -0.4 is 5.32 Å². The van der Waals surface area contributed by atoms with Crippen LogP contribution in [0.15, 0.2) is 24.7 Å². The van der Waals surface area contributed by atoms with Gasteiger partial charge < -0.3 is 5.32 Å². The van der Waals surface area contributed by atoms with Gasteiger partial charge in [0, 0.05) is 24.0 Å². The highest BCUT2D eigenvalue weighted by Crippen LogP contribution is 2.28. The maximum absolute atomic E-state index is 4.46. The summed E-state index contributed by atoms with van der Waals surface area (Å²) < 4.78 is 1.88. The summed E-state index contributed by atoms with van der Waals surface area (Å²) in [7, 11) is 2.01. The zero-order chi connectivity index (χ0) is 12.4. The Labute approximate surface area is 106 Å². The molecule has 0 saturated carbocycles. The van der Waals surface area contributed by atoms with E-state index in [0.717, 1.165) is 6.42 Å². The number of fused-ring (bicyclic) bond motifs is 1. The lowest BCUT2D eigenvalue weighted by Gasteiger charge is -2.13.